The Labute approximate surface area is 176 Å². The zero-order chi connectivity index (χ0) is 20.9. The van der Waals surface area contributed by atoms with Gasteiger partial charge < -0.3 is 14.2 Å². The molecule has 0 atom stereocenters. The molecule has 0 radical (unpaired) electrons. The monoisotopic (exact) mass is 427 g/mol. The molecule has 1 aromatic carbocycles. The van der Waals surface area contributed by atoms with E-state index in [0.717, 1.165) is 5.56 Å². The number of H-pyrrole nitrogens is 1. The van der Waals surface area contributed by atoms with Gasteiger partial charge in [0.15, 0.2) is 10.9 Å². The number of carbonyl (C=O) groups is 2. The highest BCUT2D eigenvalue weighted by Gasteiger charge is 2.26. The van der Waals surface area contributed by atoms with Crippen molar-refractivity contribution in [3.8, 4) is 0 Å². The lowest BCUT2D eigenvalue weighted by atomic mass is 10.2. The van der Waals surface area contributed by atoms with Crippen LogP contribution < -0.4 is 5.69 Å². The summed E-state index contributed by atoms with van der Waals surface area (Å²) in [6.07, 6.45) is 1.47. The molecule has 0 saturated carbocycles. The van der Waals surface area contributed by atoms with Crippen LogP contribution in [0.1, 0.15) is 16.1 Å². The van der Waals surface area contributed by atoms with Crippen molar-refractivity contribution in [1.29, 1.82) is 0 Å². The Morgan fingerprint density at radius 1 is 1.03 bits per heavy atom. The fraction of sp³-hybridized carbons (Fsp3) is 0.300. The van der Waals surface area contributed by atoms with Gasteiger partial charge in [-0.05, 0) is 17.7 Å². The first kappa shape index (κ1) is 20.0. The maximum Gasteiger partial charge on any atom is 0.344 e. The quantitative estimate of drug-likeness (QED) is 0.595. The second kappa shape index (κ2) is 9.04. The molecule has 2 aromatic heterocycles. The summed E-state index contributed by atoms with van der Waals surface area (Å²) in [4.78, 5) is 40.4. The third-order valence-electron chi connectivity index (χ3n) is 4.88. The van der Waals surface area contributed by atoms with Crippen LogP contribution in [0.25, 0.3) is 0 Å². The highest BCUT2D eigenvalue weighted by molar-refractivity contribution is 7.99. The van der Waals surface area contributed by atoms with E-state index in [1.54, 1.807) is 21.9 Å². The predicted molar refractivity (Wildman–Crippen MR) is 110 cm³/mol. The molecule has 3 heterocycles. The highest BCUT2D eigenvalue weighted by Crippen LogP contribution is 2.17. The molecule has 0 unspecified atom stereocenters. The van der Waals surface area contributed by atoms with E-state index >= 15 is 0 Å². The van der Waals surface area contributed by atoms with E-state index in [1.165, 1.54) is 22.6 Å². The van der Waals surface area contributed by atoms with Crippen LogP contribution in [0.2, 0.25) is 0 Å². The van der Waals surface area contributed by atoms with Gasteiger partial charge in [-0.2, -0.15) is 0 Å². The van der Waals surface area contributed by atoms with Crippen LogP contribution in [0.15, 0.2) is 63.1 Å². The first-order valence-electron chi connectivity index (χ1n) is 9.54. The minimum Gasteiger partial charge on any atom is -0.459 e. The molecule has 9 nitrogen and oxygen atoms in total. The summed E-state index contributed by atoms with van der Waals surface area (Å²) in [6, 6.07) is 12.9. The molecule has 4 rings (SSSR count). The van der Waals surface area contributed by atoms with E-state index in [-0.39, 0.29) is 23.3 Å². The van der Waals surface area contributed by atoms with Crippen molar-refractivity contribution in [1.82, 2.24) is 24.6 Å². The van der Waals surface area contributed by atoms with Gasteiger partial charge in [0.25, 0.3) is 5.91 Å². The van der Waals surface area contributed by atoms with Gasteiger partial charge >= 0.3 is 5.69 Å². The van der Waals surface area contributed by atoms with E-state index in [0.29, 0.717) is 43.6 Å². The Morgan fingerprint density at radius 3 is 2.47 bits per heavy atom. The Hall–Kier alpha value is -3.27. The lowest BCUT2D eigenvalue weighted by Crippen LogP contribution is -2.51. The number of furan rings is 1. The molecule has 2 amide bonds. The number of rotatable bonds is 6. The first-order valence-corrected chi connectivity index (χ1v) is 10.5. The third-order valence-corrected chi connectivity index (χ3v) is 5.84. The van der Waals surface area contributed by atoms with Crippen LogP contribution in [-0.4, -0.2) is 68.3 Å². The van der Waals surface area contributed by atoms with Crippen LogP contribution in [0.4, 0.5) is 0 Å². The zero-order valence-corrected chi connectivity index (χ0v) is 17.0. The van der Waals surface area contributed by atoms with Crippen LogP contribution in [0.3, 0.4) is 0 Å². The molecular formula is C20H21N5O4S. The molecule has 0 aliphatic carbocycles. The molecule has 0 bridgehead atoms. The number of carbonyl (C=O) groups excluding carboxylic acids is 2. The fourth-order valence-electron chi connectivity index (χ4n) is 3.25. The lowest BCUT2D eigenvalue weighted by molar-refractivity contribution is -0.129. The van der Waals surface area contributed by atoms with Crippen molar-refractivity contribution in [2.75, 3.05) is 31.9 Å². The lowest BCUT2D eigenvalue weighted by Gasteiger charge is -2.34. The molecule has 10 heteroatoms. The summed E-state index contributed by atoms with van der Waals surface area (Å²) >= 11 is 1.23. The minimum absolute atomic E-state index is 0.0493. The summed E-state index contributed by atoms with van der Waals surface area (Å²) in [5.41, 5.74) is 0.672. The maximum absolute atomic E-state index is 12.6. The first-order chi connectivity index (χ1) is 14.6. The smallest absolute Gasteiger partial charge is 0.344 e. The van der Waals surface area contributed by atoms with Crippen molar-refractivity contribution in [2.24, 2.45) is 0 Å². The van der Waals surface area contributed by atoms with Gasteiger partial charge in [0.1, 0.15) is 0 Å². The highest BCUT2D eigenvalue weighted by atomic mass is 32.2. The van der Waals surface area contributed by atoms with Gasteiger partial charge in [-0.1, -0.05) is 42.1 Å². The van der Waals surface area contributed by atoms with Crippen molar-refractivity contribution in [3.63, 3.8) is 0 Å². The molecular weight excluding hydrogens is 406 g/mol. The minimum atomic E-state index is -0.307. The van der Waals surface area contributed by atoms with Gasteiger partial charge in [-0.25, -0.2) is 9.89 Å². The van der Waals surface area contributed by atoms with Crippen LogP contribution in [-0.2, 0) is 11.3 Å². The van der Waals surface area contributed by atoms with Gasteiger partial charge in [-0.3, -0.25) is 14.2 Å². The van der Waals surface area contributed by atoms with Gasteiger partial charge in [-0.15, -0.1) is 5.10 Å². The third kappa shape index (κ3) is 4.48. The molecule has 1 saturated heterocycles. The largest absolute Gasteiger partial charge is 0.459 e. The van der Waals surface area contributed by atoms with Gasteiger partial charge in [0, 0.05) is 26.2 Å². The number of thioether (sulfide) groups is 1. The number of piperazine rings is 1. The molecule has 1 aliphatic heterocycles. The molecule has 0 spiro atoms. The number of amides is 2. The normalized spacial score (nSPS) is 14.1. The summed E-state index contributed by atoms with van der Waals surface area (Å²) in [5.74, 6) is 0.264. The van der Waals surface area contributed by atoms with E-state index < -0.39 is 0 Å². The second-order valence-corrected chi connectivity index (χ2v) is 7.76. The maximum atomic E-state index is 12.6. The van der Waals surface area contributed by atoms with Crippen molar-refractivity contribution in [2.45, 2.75) is 11.7 Å². The average molecular weight is 427 g/mol. The number of hydrogen-bond acceptors (Lipinski definition) is 6. The predicted octanol–water partition coefficient (Wildman–Crippen LogP) is 1.29. The van der Waals surface area contributed by atoms with Gasteiger partial charge in [0.2, 0.25) is 5.91 Å². The summed E-state index contributed by atoms with van der Waals surface area (Å²) in [6.45, 7) is 2.22. The molecule has 1 fully saturated rings. The van der Waals surface area contributed by atoms with Crippen molar-refractivity contribution in [3.05, 3.63) is 70.5 Å². The molecule has 156 valence electrons. The Balaban J connectivity index is 1.31. The number of nitrogens with one attached hydrogen (secondary N) is 1. The Morgan fingerprint density at radius 2 is 1.77 bits per heavy atom. The zero-order valence-electron chi connectivity index (χ0n) is 16.2. The topological polar surface area (TPSA) is 104 Å². The van der Waals surface area contributed by atoms with E-state index in [1.807, 2.05) is 30.3 Å². The Kier molecular flexibility index (Phi) is 6.03. The molecule has 1 N–H and O–H groups in total. The number of nitrogens with zero attached hydrogens (tertiary/aromatic N) is 4. The summed E-state index contributed by atoms with van der Waals surface area (Å²) in [7, 11) is 0. The number of hydrogen-bond donors (Lipinski definition) is 1. The molecule has 30 heavy (non-hydrogen) atoms. The van der Waals surface area contributed by atoms with Crippen molar-refractivity contribution < 1.29 is 14.0 Å². The average Bonchev–Trinajstić information content (AvgIpc) is 3.43. The van der Waals surface area contributed by atoms with E-state index in [9.17, 15) is 14.4 Å². The SMILES string of the molecule is O=C(CSc1n[nH]c(=O)n1Cc1ccccc1)N1CCN(C(=O)c2ccco2)CC1. The molecule has 1 aliphatic rings. The number of benzene rings is 1. The molecule has 3 aromatic rings. The van der Waals surface area contributed by atoms with Crippen LogP contribution in [0.5, 0.6) is 0 Å². The van der Waals surface area contributed by atoms with E-state index in [4.69, 9.17) is 4.42 Å². The van der Waals surface area contributed by atoms with Gasteiger partial charge in [0.05, 0.1) is 18.6 Å². The standard InChI is InChI=1S/C20H21N5O4S/c26-17(23-8-10-24(11-9-23)18(27)16-7-4-12-29-16)14-30-20-22-21-19(28)25(20)13-15-5-2-1-3-6-15/h1-7,12H,8-11,13-14H2,(H,21,28). The van der Waals surface area contributed by atoms with Crippen LogP contribution >= 0.6 is 11.8 Å². The number of aromatic amines is 1. The summed E-state index contributed by atoms with van der Waals surface area (Å²) in [5, 5.41) is 6.97. The van der Waals surface area contributed by atoms with E-state index in [2.05, 4.69) is 10.2 Å². The number of aromatic nitrogens is 3. The summed E-state index contributed by atoms with van der Waals surface area (Å²) < 4.78 is 6.67. The van der Waals surface area contributed by atoms with Crippen molar-refractivity contribution >= 4 is 23.6 Å². The fourth-order valence-corrected chi connectivity index (χ4v) is 4.10. The Bertz CT molecular complexity index is 1050. The second-order valence-electron chi connectivity index (χ2n) is 6.82. The van der Waals surface area contributed by atoms with Crippen LogP contribution in [0, 0.1) is 0 Å².